The molecule has 0 aliphatic heterocycles. The van der Waals surface area contributed by atoms with E-state index < -0.39 is 0 Å². The van der Waals surface area contributed by atoms with Gasteiger partial charge in [-0.3, -0.25) is 0 Å². The van der Waals surface area contributed by atoms with Gasteiger partial charge in [-0.1, -0.05) is 32.9 Å². The predicted molar refractivity (Wildman–Crippen MR) is 66.7 cm³/mol. The third-order valence-electron chi connectivity index (χ3n) is 2.43. The first-order chi connectivity index (χ1) is 7.51. The van der Waals surface area contributed by atoms with E-state index in [9.17, 15) is 0 Å². The van der Waals surface area contributed by atoms with Crippen molar-refractivity contribution in [3.05, 3.63) is 29.8 Å². The molecule has 0 heterocycles. The number of benzene rings is 1. The zero-order valence-electron chi connectivity index (χ0n) is 10.7. The second-order valence-electron chi connectivity index (χ2n) is 5.26. The van der Waals surface area contributed by atoms with Gasteiger partial charge in [-0.25, -0.2) is 0 Å². The Morgan fingerprint density at radius 3 is 2.19 bits per heavy atom. The van der Waals surface area contributed by atoms with Crippen LogP contribution in [0, 0.1) is 5.41 Å². The van der Waals surface area contributed by atoms with Crippen LogP contribution in [0.1, 0.15) is 32.8 Å². The molecule has 0 radical (unpaired) electrons. The molecule has 0 fully saturated rings. The fraction of sp³-hybridized carbons (Fsp3) is 0.571. The Balaban J connectivity index is 2.45. The molecule has 0 aliphatic rings. The molecule has 1 rings (SSSR count). The van der Waals surface area contributed by atoms with Gasteiger partial charge < -0.3 is 9.47 Å². The zero-order valence-corrected chi connectivity index (χ0v) is 10.7. The highest BCUT2D eigenvalue weighted by atomic mass is 16.7. The van der Waals surface area contributed by atoms with E-state index in [0.717, 1.165) is 12.2 Å². The maximum atomic E-state index is 5.33. The first-order valence-electron chi connectivity index (χ1n) is 5.72. The Kier molecular flexibility index (Phi) is 4.81. The van der Waals surface area contributed by atoms with Gasteiger partial charge in [0.05, 0.1) is 0 Å². The van der Waals surface area contributed by atoms with Crippen molar-refractivity contribution in [2.45, 2.75) is 33.6 Å². The lowest BCUT2D eigenvalue weighted by atomic mass is 9.89. The zero-order chi connectivity index (χ0) is 12.0. The molecule has 0 bridgehead atoms. The smallest absolute Gasteiger partial charge is 0.188 e. The van der Waals surface area contributed by atoms with Gasteiger partial charge >= 0.3 is 0 Å². The van der Waals surface area contributed by atoms with Crippen LogP contribution in [0.15, 0.2) is 24.3 Å². The maximum absolute atomic E-state index is 5.33. The lowest BCUT2D eigenvalue weighted by Gasteiger charge is -2.17. The van der Waals surface area contributed by atoms with E-state index in [1.54, 1.807) is 7.11 Å². The number of ether oxygens (including phenoxy) is 2. The lowest BCUT2D eigenvalue weighted by molar-refractivity contribution is 0.0511. The predicted octanol–water partition coefficient (Wildman–Crippen LogP) is 3.65. The molecule has 0 unspecified atom stereocenters. The minimum absolute atomic E-state index is 0.307. The summed E-state index contributed by atoms with van der Waals surface area (Å²) in [6.45, 7) is 7.11. The van der Waals surface area contributed by atoms with Crippen molar-refractivity contribution >= 4 is 0 Å². The van der Waals surface area contributed by atoms with Crippen LogP contribution in [0.25, 0.3) is 0 Å². The van der Waals surface area contributed by atoms with Crippen LogP contribution >= 0.6 is 0 Å². The molecule has 0 saturated carbocycles. The second-order valence-corrected chi connectivity index (χ2v) is 5.26. The summed E-state index contributed by atoms with van der Waals surface area (Å²) < 4.78 is 10.2. The first-order valence-corrected chi connectivity index (χ1v) is 5.72. The average molecular weight is 222 g/mol. The molecule has 0 aromatic heterocycles. The van der Waals surface area contributed by atoms with Crippen molar-refractivity contribution in [1.82, 2.24) is 0 Å². The second kappa shape index (κ2) is 5.90. The van der Waals surface area contributed by atoms with Crippen molar-refractivity contribution < 1.29 is 9.47 Å². The van der Waals surface area contributed by atoms with Gasteiger partial charge in [0.2, 0.25) is 0 Å². The SMILES string of the molecule is COCOc1ccc(CCC(C)(C)C)cc1. The molecule has 2 heteroatoms. The highest BCUT2D eigenvalue weighted by molar-refractivity contribution is 5.27. The van der Waals surface area contributed by atoms with Crippen molar-refractivity contribution in [2.24, 2.45) is 5.41 Å². The van der Waals surface area contributed by atoms with E-state index in [1.165, 1.54) is 12.0 Å². The Morgan fingerprint density at radius 1 is 1.06 bits per heavy atom. The molecule has 0 atom stereocenters. The average Bonchev–Trinajstić information content (AvgIpc) is 2.24. The lowest BCUT2D eigenvalue weighted by Crippen LogP contribution is -2.06. The van der Waals surface area contributed by atoms with Crippen LogP contribution < -0.4 is 4.74 Å². The third kappa shape index (κ3) is 5.17. The topological polar surface area (TPSA) is 18.5 Å². The minimum atomic E-state index is 0.307. The summed E-state index contributed by atoms with van der Waals surface area (Å²) in [6, 6.07) is 8.24. The van der Waals surface area contributed by atoms with Crippen molar-refractivity contribution in [2.75, 3.05) is 13.9 Å². The molecule has 0 spiro atoms. The molecule has 0 saturated heterocycles. The monoisotopic (exact) mass is 222 g/mol. The van der Waals surface area contributed by atoms with Gasteiger partial charge in [0.15, 0.2) is 6.79 Å². The normalized spacial score (nSPS) is 11.5. The maximum Gasteiger partial charge on any atom is 0.188 e. The molecule has 2 nitrogen and oxygen atoms in total. The molecule has 1 aromatic rings. The molecule has 90 valence electrons. The molecule has 0 N–H and O–H groups in total. The highest BCUT2D eigenvalue weighted by Crippen LogP contribution is 2.22. The first kappa shape index (κ1) is 13.0. The summed E-state index contributed by atoms with van der Waals surface area (Å²) in [5, 5.41) is 0. The van der Waals surface area contributed by atoms with Gasteiger partial charge in [-0.15, -0.1) is 0 Å². The number of rotatable bonds is 5. The molecular weight excluding hydrogens is 200 g/mol. The van der Waals surface area contributed by atoms with E-state index in [0.29, 0.717) is 12.2 Å². The number of aryl methyl sites for hydroxylation is 1. The highest BCUT2D eigenvalue weighted by Gasteiger charge is 2.09. The quantitative estimate of drug-likeness (QED) is 0.708. The van der Waals surface area contributed by atoms with Crippen LogP contribution in [0.3, 0.4) is 0 Å². The molecule has 0 amide bonds. The van der Waals surface area contributed by atoms with Crippen molar-refractivity contribution in [1.29, 1.82) is 0 Å². The minimum Gasteiger partial charge on any atom is -0.468 e. The summed E-state index contributed by atoms with van der Waals surface area (Å²) in [4.78, 5) is 0. The Morgan fingerprint density at radius 2 is 1.69 bits per heavy atom. The van der Waals surface area contributed by atoms with Gasteiger partial charge in [-0.2, -0.15) is 0 Å². The summed E-state index contributed by atoms with van der Waals surface area (Å²) in [5.74, 6) is 0.862. The number of hydrogen-bond acceptors (Lipinski definition) is 2. The molecular formula is C14H22O2. The Labute approximate surface area is 98.6 Å². The Hall–Kier alpha value is -1.02. The number of hydrogen-bond donors (Lipinski definition) is 0. The number of methoxy groups -OCH3 is 1. The van der Waals surface area contributed by atoms with Crippen LogP contribution in [-0.4, -0.2) is 13.9 Å². The summed E-state index contributed by atoms with van der Waals surface area (Å²) in [5.41, 5.74) is 1.75. The van der Waals surface area contributed by atoms with E-state index in [4.69, 9.17) is 9.47 Å². The van der Waals surface area contributed by atoms with Crippen LogP contribution in [-0.2, 0) is 11.2 Å². The Bertz CT molecular complexity index is 296. The van der Waals surface area contributed by atoms with Crippen LogP contribution in [0.2, 0.25) is 0 Å². The van der Waals surface area contributed by atoms with Crippen LogP contribution in [0.5, 0.6) is 5.75 Å². The van der Waals surface area contributed by atoms with Gasteiger partial charge in [0, 0.05) is 7.11 Å². The van der Waals surface area contributed by atoms with E-state index in [1.807, 2.05) is 12.1 Å². The van der Waals surface area contributed by atoms with Crippen molar-refractivity contribution in [3.63, 3.8) is 0 Å². The van der Waals surface area contributed by atoms with Crippen LogP contribution in [0.4, 0.5) is 0 Å². The largest absolute Gasteiger partial charge is 0.468 e. The summed E-state index contributed by atoms with van der Waals surface area (Å²) >= 11 is 0. The molecule has 16 heavy (non-hydrogen) atoms. The van der Waals surface area contributed by atoms with E-state index >= 15 is 0 Å². The van der Waals surface area contributed by atoms with Crippen molar-refractivity contribution in [3.8, 4) is 5.75 Å². The fourth-order valence-electron chi connectivity index (χ4n) is 1.40. The van der Waals surface area contributed by atoms with Gasteiger partial charge in [0.1, 0.15) is 5.75 Å². The molecule has 1 aromatic carbocycles. The fourth-order valence-corrected chi connectivity index (χ4v) is 1.40. The van der Waals surface area contributed by atoms with Gasteiger partial charge in [-0.05, 0) is 36.0 Å². The summed E-state index contributed by atoms with van der Waals surface area (Å²) in [6.07, 6.45) is 2.32. The van der Waals surface area contributed by atoms with E-state index in [-0.39, 0.29) is 0 Å². The molecule has 0 aliphatic carbocycles. The third-order valence-corrected chi connectivity index (χ3v) is 2.43. The summed E-state index contributed by atoms with van der Waals surface area (Å²) in [7, 11) is 1.62. The van der Waals surface area contributed by atoms with E-state index in [2.05, 4.69) is 32.9 Å². The standard InChI is InChI=1S/C14H22O2/c1-14(2,3)10-9-12-5-7-13(8-6-12)16-11-15-4/h5-8H,9-11H2,1-4H3. The van der Waals surface area contributed by atoms with Gasteiger partial charge in [0.25, 0.3) is 0 Å².